The number of hydrogen-bond acceptors (Lipinski definition) is 2. The Morgan fingerprint density at radius 1 is 0.913 bits per heavy atom. The number of carbonyl (C=O) groups excluding carboxylic acids is 2. The minimum atomic E-state index is -0.312. The van der Waals surface area contributed by atoms with Crippen LogP contribution in [-0.4, -0.2) is 11.8 Å². The predicted octanol–water partition coefficient (Wildman–Crippen LogP) is 4.60. The molecule has 0 aliphatic carbocycles. The minimum absolute atomic E-state index is 0.152. The lowest BCUT2D eigenvalue weighted by Gasteiger charge is -2.05. The first-order chi connectivity index (χ1) is 11.0. The third-order valence-corrected chi connectivity index (χ3v) is 3.53. The molecule has 2 aromatic rings. The van der Waals surface area contributed by atoms with Gasteiger partial charge >= 0.3 is 0 Å². The molecule has 0 radical (unpaired) electrons. The van der Waals surface area contributed by atoms with E-state index in [9.17, 15) is 9.59 Å². The maximum atomic E-state index is 11.9. The van der Waals surface area contributed by atoms with Gasteiger partial charge in [0.2, 0.25) is 11.8 Å². The Morgan fingerprint density at radius 3 is 1.96 bits per heavy atom. The van der Waals surface area contributed by atoms with Crippen LogP contribution >= 0.6 is 23.2 Å². The van der Waals surface area contributed by atoms with Crippen LogP contribution in [0.2, 0.25) is 10.0 Å². The van der Waals surface area contributed by atoms with Crippen LogP contribution in [0.15, 0.2) is 48.5 Å². The van der Waals surface area contributed by atoms with Crippen LogP contribution in [0.25, 0.3) is 6.08 Å². The van der Waals surface area contributed by atoms with Crippen LogP contribution in [0.3, 0.4) is 0 Å². The van der Waals surface area contributed by atoms with Crippen LogP contribution in [-0.2, 0) is 9.59 Å². The zero-order valence-corrected chi connectivity index (χ0v) is 13.8. The van der Waals surface area contributed by atoms with E-state index in [0.717, 1.165) is 0 Å². The minimum Gasteiger partial charge on any atom is -0.326 e. The highest BCUT2D eigenvalue weighted by Gasteiger charge is 2.03. The van der Waals surface area contributed by atoms with Gasteiger partial charge in [0.25, 0.3) is 0 Å². The van der Waals surface area contributed by atoms with Crippen LogP contribution in [0.4, 0.5) is 11.4 Å². The summed E-state index contributed by atoms with van der Waals surface area (Å²) in [7, 11) is 0. The fraction of sp³-hybridized carbons (Fsp3) is 0.0588. The molecule has 0 aliphatic heterocycles. The largest absolute Gasteiger partial charge is 0.326 e. The van der Waals surface area contributed by atoms with Gasteiger partial charge < -0.3 is 10.6 Å². The summed E-state index contributed by atoms with van der Waals surface area (Å²) in [6.07, 6.45) is 2.92. The van der Waals surface area contributed by atoms with E-state index in [1.165, 1.54) is 13.0 Å². The second kappa shape index (κ2) is 7.81. The van der Waals surface area contributed by atoms with Crippen LogP contribution < -0.4 is 10.6 Å². The fourth-order valence-electron chi connectivity index (χ4n) is 1.85. The van der Waals surface area contributed by atoms with Crippen molar-refractivity contribution in [2.75, 3.05) is 10.6 Å². The molecule has 0 saturated heterocycles. The van der Waals surface area contributed by atoms with Crippen molar-refractivity contribution in [2.45, 2.75) is 6.92 Å². The zero-order chi connectivity index (χ0) is 16.8. The Morgan fingerprint density at radius 2 is 1.43 bits per heavy atom. The van der Waals surface area contributed by atoms with Crippen LogP contribution in [0, 0.1) is 0 Å². The summed E-state index contributed by atoms with van der Waals surface area (Å²) in [5.41, 5.74) is 1.86. The Bertz CT molecular complexity index is 735. The summed E-state index contributed by atoms with van der Waals surface area (Å²) in [5.74, 6) is -0.463. The molecule has 6 heteroatoms. The lowest BCUT2D eigenvalue weighted by Crippen LogP contribution is -2.08. The first-order valence-corrected chi connectivity index (χ1v) is 7.52. The smallest absolute Gasteiger partial charge is 0.248 e. The normalized spacial score (nSPS) is 10.6. The highest BCUT2D eigenvalue weighted by Crippen LogP contribution is 2.25. The van der Waals surface area contributed by atoms with Crippen molar-refractivity contribution in [3.05, 3.63) is 64.1 Å². The number of amides is 2. The Kier molecular flexibility index (Phi) is 5.79. The van der Waals surface area contributed by atoms with Gasteiger partial charge in [-0.3, -0.25) is 9.59 Å². The third-order valence-electron chi connectivity index (χ3n) is 2.87. The van der Waals surface area contributed by atoms with Crippen molar-refractivity contribution in [2.24, 2.45) is 0 Å². The molecule has 23 heavy (non-hydrogen) atoms. The van der Waals surface area contributed by atoms with Gasteiger partial charge in [0.1, 0.15) is 0 Å². The van der Waals surface area contributed by atoms with Crippen molar-refractivity contribution in [3.8, 4) is 0 Å². The van der Waals surface area contributed by atoms with Crippen molar-refractivity contribution >= 4 is 52.5 Å². The summed E-state index contributed by atoms with van der Waals surface area (Å²) in [6, 6.07) is 11.9. The van der Waals surface area contributed by atoms with Crippen molar-refractivity contribution in [3.63, 3.8) is 0 Å². The Balaban J connectivity index is 2.02. The van der Waals surface area contributed by atoms with E-state index >= 15 is 0 Å². The van der Waals surface area contributed by atoms with E-state index in [0.29, 0.717) is 27.0 Å². The zero-order valence-electron chi connectivity index (χ0n) is 12.3. The number of carbonyl (C=O) groups is 2. The number of hydrogen-bond donors (Lipinski definition) is 2. The van der Waals surface area contributed by atoms with Gasteiger partial charge in [-0.25, -0.2) is 0 Å². The Labute approximate surface area is 144 Å². The summed E-state index contributed by atoms with van der Waals surface area (Å²) in [4.78, 5) is 22.9. The topological polar surface area (TPSA) is 58.2 Å². The molecule has 2 aromatic carbocycles. The molecular weight excluding hydrogens is 335 g/mol. The van der Waals surface area contributed by atoms with Crippen LogP contribution in [0.5, 0.6) is 0 Å². The maximum Gasteiger partial charge on any atom is 0.248 e. The molecule has 118 valence electrons. The molecule has 0 saturated carbocycles. The van der Waals surface area contributed by atoms with Crippen molar-refractivity contribution in [1.29, 1.82) is 0 Å². The summed E-state index contributed by atoms with van der Waals surface area (Å²) < 4.78 is 0. The molecule has 2 rings (SSSR count). The van der Waals surface area contributed by atoms with Crippen molar-refractivity contribution in [1.82, 2.24) is 0 Å². The number of anilines is 2. The number of nitrogens with one attached hydrogen (secondary N) is 2. The molecule has 0 aromatic heterocycles. The van der Waals surface area contributed by atoms with Gasteiger partial charge in [-0.2, -0.15) is 0 Å². The number of benzene rings is 2. The maximum absolute atomic E-state index is 11.9. The second-order valence-electron chi connectivity index (χ2n) is 4.72. The molecular formula is C17H14Cl2N2O2. The van der Waals surface area contributed by atoms with E-state index in [1.54, 1.807) is 48.5 Å². The average molecular weight is 349 g/mol. The number of halogens is 2. The number of rotatable bonds is 4. The average Bonchev–Trinajstić information content (AvgIpc) is 2.48. The molecule has 2 N–H and O–H groups in total. The molecule has 0 unspecified atom stereocenters. The SMILES string of the molecule is CC(=O)Nc1ccc(NC(=O)/C=C/c2c(Cl)cccc2Cl)cc1. The molecule has 4 nitrogen and oxygen atoms in total. The van der Waals surface area contributed by atoms with E-state index in [1.807, 2.05) is 0 Å². The van der Waals surface area contributed by atoms with Gasteiger partial charge in [0.15, 0.2) is 0 Å². The molecule has 0 fully saturated rings. The van der Waals surface area contributed by atoms with Gasteiger partial charge in [-0.1, -0.05) is 29.3 Å². The highest BCUT2D eigenvalue weighted by molar-refractivity contribution is 6.37. The van der Waals surface area contributed by atoms with Gasteiger partial charge in [-0.05, 0) is 42.5 Å². The molecule has 0 spiro atoms. The van der Waals surface area contributed by atoms with Crippen LogP contribution in [0.1, 0.15) is 12.5 Å². The first kappa shape index (κ1) is 17.1. The van der Waals surface area contributed by atoms with E-state index in [2.05, 4.69) is 10.6 Å². The fourth-order valence-corrected chi connectivity index (χ4v) is 2.38. The summed E-state index contributed by atoms with van der Waals surface area (Å²) in [6.45, 7) is 1.43. The molecule has 2 amide bonds. The van der Waals surface area contributed by atoms with E-state index < -0.39 is 0 Å². The monoisotopic (exact) mass is 348 g/mol. The lowest BCUT2D eigenvalue weighted by molar-refractivity contribution is -0.114. The summed E-state index contributed by atoms with van der Waals surface area (Å²) >= 11 is 12.1. The standard InChI is InChI=1S/C17H14Cl2N2O2/c1-11(22)20-12-5-7-13(8-6-12)21-17(23)10-9-14-15(18)3-2-4-16(14)19/h2-10H,1H3,(H,20,22)(H,21,23)/b10-9+. The molecule has 0 bridgehead atoms. The highest BCUT2D eigenvalue weighted by atomic mass is 35.5. The van der Waals surface area contributed by atoms with Gasteiger partial charge in [0.05, 0.1) is 0 Å². The Hall–Kier alpha value is -2.30. The van der Waals surface area contributed by atoms with Gasteiger partial charge in [-0.15, -0.1) is 0 Å². The second-order valence-corrected chi connectivity index (χ2v) is 5.53. The molecule has 0 heterocycles. The molecule has 0 atom stereocenters. The summed E-state index contributed by atoms with van der Waals surface area (Å²) in [5, 5.41) is 6.30. The third kappa shape index (κ3) is 5.13. The quantitative estimate of drug-likeness (QED) is 0.793. The lowest BCUT2D eigenvalue weighted by atomic mass is 10.2. The molecule has 0 aliphatic rings. The van der Waals surface area contributed by atoms with E-state index in [4.69, 9.17) is 23.2 Å². The van der Waals surface area contributed by atoms with Crippen molar-refractivity contribution < 1.29 is 9.59 Å². The predicted molar refractivity (Wildman–Crippen MR) is 94.9 cm³/mol. The van der Waals surface area contributed by atoms with Gasteiger partial charge in [0, 0.05) is 40.0 Å². The van der Waals surface area contributed by atoms with E-state index in [-0.39, 0.29) is 11.8 Å². The first-order valence-electron chi connectivity index (χ1n) is 6.76.